The summed E-state index contributed by atoms with van der Waals surface area (Å²) >= 11 is 0.919. The van der Waals surface area contributed by atoms with E-state index in [0.717, 1.165) is 23.9 Å². The normalized spacial score (nSPS) is 19.0. The highest BCUT2D eigenvalue weighted by Crippen LogP contribution is 2.28. The first-order chi connectivity index (χ1) is 12.2. The second-order valence-corrected chi connectivity index (χ2v) is 5.99. The van der Waals surface area contributed by atoms with Crippen LogP contribution in [0.25, 0.3) is 0 Å². The van der Waals surface area contributed by atoms with Gasteiger partial charge in [0.25, 0.3) is 0 Å². The first kappa shape index (κ1) is 19.6. The Labute approximate surface area is 149 Å². The molecule has 2 N–H and O–H groups in total. The van der Waals surface area contributed by atoms with Gasteiger partial charge in [-0.05, 0) is 12.1 Å². The van der Waals surface area contributed by atoms with Gasteiger partial charge in [-0.2, -0.15) is 5.10 Å². The molecule has 140 valence electrons. The van der Waals surface area contributed by atoms with E-state index in [-0.39, 0.29) is 17.3 Å². The van der Waals surface area contributed by atoms with Crippen molar-refractivity contribution in [2.75, 3.05) is 7.11 Å². The van der Waals surface area contributed by atoms with E-state index in [1.807, 2.05) is 0 Å². The largest absolute Gasteiger partial charge is 0.573 e. The zero-order valence-corrected chi connectivity index (χ0v) is 13.9. The van der Waals surface area contributed by atoms with E-state index in [1.54, 1.807) is 0 Å². The summed E-state index contributed by atoms with van der Waals surface area (Å²) in [5.41, 5.74) is 0.322. The minimum Gasteiger partial charge on any atom is -0.496 e. The van der Waals surface area contributed by atoms with Gasteiger partial charge in [-0.3, -0.25) is 9.59 Å². The van der Waals surface area contributed by atoms with Crippen LogP contribution in [0.2, 0.25) is 0 Å². The van der Waals surface area contributed by atoms with Gasteiger partial charge < -0.3 is 19.9 Å². The molecule has 2 rings (SSSR count). The molecule has 12 heteroatoms. The van der Waals surface area contributed by atoms with Crippen LogP contribution in [-0.4, -0.2) is 47.1 Å². The van der Waals surface area contributed by atoms with Crippen LogP contribution in [-0.2, 0) is 9.59 Å². The molecule has 8 nitrogen and oxygen atoms in total. The average Bonchev–Trinajstić information content (AvgIpc) is 2.86. The summed E-state index contributed by atoms with van der Waals surface area (Å²) in [6.45, 7) is 0. The van der Waals surface area contributed by atoms with Crippen LogP contribution in [0, 0.1) is 0 Å². The Morgan fingerprint density at radius 2 is 2.19 bits per heavy atom. The summed E-state index contributed by atoms with van der Waals surface area (Å²) in [5, 5.41) is 17.9. The first-order valence-corrected chi connectivity index (χ1v) is 7.80. The first-order valence-electron chi connectivity index (χ1n) is 6.92. The molecule has 0 aromatic heterocycles. The van der Waals surface area contributed by atoms with E-state index in [4.69, 9.17) is 9.84 Å². The van der Waals surface area contributed by atoms with Gasteiger partial charge in [0, 0.05) is 11.6 Å². The number of rotatable bonds is 6. The van der Waals surface area contributed by atoms with Crippen LogP contribution < -0.4 is 14.8 Å². The van der Waals surface area contributed by atoms with E-state index < -0.39 is 29.2 Å². The summed E-state index contributed by atoms with van der Waals surface area (Å²) in [7, 11) is 1.26. The molecule has 1 aromatic rings. The number of amidine groups is 1. The molecular formula is C14H12F3N3O5S. The Morgan fingerprint density at radius 1 is 1.46 bits per heavy atom. The van der Waals surface area contributed by atoms with Crippen molar-refractivity contribution in [1.29, 1.82) is 0 Å². The number of ether oxygens (including phenoxy) is 2. The summed E-state index contributed by atoms with van der Waals surface area (Å²) in [4.78, 5) is 22.2. The van der Waals surface area contributed by atoms with Crippen molar-refractivity contribution in [3.63, 3.8) is 0 Å². The number of alkyl halides is 3. The smallest absolute Gasteiger partial charge is 0.496 e. The second kappa shape index (κ2) is 8.08. The maximum Gasteiger partial charge on any atom is 0.573 e. The second-order valence-electron chi connectivity index (χ2n) is 4.79. The third-order valence-electron chi connectivity index (χ3n) is 2.92. The number of carboxylic acid groups (broad SMARTS) is 1. The van der Waals surface area contributed by atoms with Crippen LogP contribution in [0.15, 0.2) is 28.4 Å². The Morgan fingerprint density at radius 3 is 2.81 bits per heavy atom. The Kier molecular flexibility index (Phi) is 6.08. The molecule has 0 aliphatic carbocycles. The average molecular weight is 391 g/mol. The van der Waals surface area contributed by atoms with Gasteiger partial charge in [0.15, 0.2) is 5.17 Å². The van der Waals surface area contributed by atoms with Crippen molar-refractivity contribution in [2.45, 2.75) is 18.0 Å². The summed E-state index contributed by atoms with van der Waals surface area (Å²) in [6.07, 6.45) is -3.97. The number of benzene rings is 1. The molecular weight excluding hydrogens is 379 g/mol. The van der Waals surface area contributed by atoms with Gasteiger partial charge in [-0.25, -0.2) is 0 Å². The summed E-state index contributed by atoms with van der Waals surface area (Å²) in [5.74, 6) is -1.98. The van der Waals surface area contributed by atoms with Gasteiger partial charge in [0.1, 0.15) is 16.7 Å². The summed E-state index contributed by atoms with van der Waals surface area (Å²) < 4.78 is 45.4. The lowest BCUT2D eigenvalue weighted by Crippen LogP contribution is -2.26. The van der Waals surface area contributed by atoms with Crippen molar-refractivity contribution in [2.24, 2.45) is 10.2 Å². The van der Waals surface area contributed by atoms with E-state index in [9.17, 15) is 22.8 Å². The number of carbonyl (C=O) groups is 2. The van der Waals surface area contributed by atoms with Gasteiger partial charge >= 0.3 is 12.3 Å². The van der Waals surface area contributed by atoms with Crippen LogP contribution in [0.5, 0.6) is 11.5 Å². The molecule has 1 aromatic carbocycles. The van der Waals surface area contributed by atoms with Crippen molar-refractivity contribution in [3.8, 4) is 11.5 Å². The highest BCUT2D eigenvalue weighted by atomic mass is 32.2. The number of methoxy groups -OCH3 is 1. The van der Waals surface area contributed by atoms with Crippen molar-refractivity contribution < 1.29 is 37.3 Å². The number of carbonyl (C=O) groups excluding carboxylic acids is 1. The fourth-order valence-corrected chi connectivity index (χ4v) is 2.80. The molecule has 0 saturated carbocycles. The molecule has 1 amide bonds. The van der Waals surface area contributed by atoms with Gasteiger partial charge in [-0.1, -0.05) is 11.8 Å². The molecule has 1 aliphatic rings. The number of halogens is 3. The third kappa shape index (κ3) is 5.65. The SMILES string of the molecule is COc1cc(OC(F)(F)F)ccc1C=NN=C1NC(=O)C(CC(=O)O)S1. The quantitative estimate of drug-likeness (QED) is 0.567. The number of thioether (sulfide) groups is 1. The highest BCUT2D eigenvalue weighted by molar-refractivity contribution is 8.15. The van der Waals surface area contributed by atoms with Crippen molar-refractivity contribution >= 4 is 35.0 Å². The molecule has 1 aliphatic heterocycles. The number of hydrogen-bond acceptors (Lipinski definition) is 7. The Balaban J connectivity index is 2.08. The van der Waals surface area contributed by atoms with Gasteiger partial charge in [0.2, 0.25) is 5.91 Å². The van der Waals surface area contributed by atoms with Crippen molar-refractivity contribution in [3.05, 3.63) is 23.8 Å². The van der Waals surface area contributed by atoms with Crippen LogP contribution in [0.3, 0.4) is 0 Å². The minimum atomic E-state index is -4.82. The lowest BCUT2D eigenvalue weighted by molar-refractivity contribution is -0.274. The summed E-state index contributed by atoms with van der Waals surface area (Å²) in [6, 6.07) is 3.41. The van der Waals surface area contributed by atoms with Gasteiger partial charge in [0.05, 0.1) is 19.7 Å². The maximum absolute atomic E-state index is 12.2. The monoisotopic (exact) mass is 391 g/mol. The Hall–Kier alpha value is -2.76. The Bertz CT molecular complexity index is 767. The van der Waals surface area contributed by atoms with Crippen LogP contribution >= 0.6 is 11.8 Å². The van der Waals surface area contributed by atoms with Crippen LogP contribution in [0.1, 0.15) is 12.0 Å². The maximum atomic E-state index is 12.2. The topological polar surface area (TPSA) is 110 Å². The predicted molar refractivity (Wildman–Crippen MR) is 86.5 cm³/mol. The van der Waals surface area contributed by atoms with E-state index in [0.29, 0.717) is 5.56 Å². The number of nitrogens with zero attached hydrogens (tertiary/aromatic N) is 2. The molecule has 1 atom stereocenters. The van der Waals surface area contributed by atoms with Gasteiger partial charge in [-0.15, -0.1) is 18.3 Å². The zero-order valence-electron chi connectivity index (χ0n) is 13.1. The van der Waals surface area contributed by atoms with E-state index >= 15 is 0 Å². The number of amides is 1. The molecule has 1 saturated heterocycles. The molecule has 0 spiro atoms. The van der Waals surface area contributed by atoms with E-state index in [1.165, 1.54) is 19.4 Å². The minimum absolute atomic E-state index is 0.0718. The highest BCUT2D eigenvalue weighted by Gasteiger charge is 2.32. The van der Waals surface area contributed by atoms with E-state index in [2.05, 4.69) is 20.3 Å². The van der Waals surface area contributed by atoms with Crippen molar-refractivity contribution in [1.82, 2.24) is 5.32 Å². The molecule has 26 heavy (non-hydrogen) atoms. The number of carboxylic acids is 1. The molecule has 0 radical (unpaired) electrons. The lowest BCUT2D eigenvalue weighted by Gasteiger charge is -2.11. The third-order valence-corrected chi connectivity index (χ3v) is 3.99. The fourth-order valence-electron chi connectivity index (χ4n) is 1.88. The van der Waals surface area contributed by atoms with Crippen LogP contribution in [0.4, 0.5) is 13.2 Å². The lowest BCUT2D eigenvalue weighted by atomic mass is 10.2. The molecule has 1 unspecified atom stereocenters. The fraction of sp³-hybridized carbons (Fsp3) is 0.286. The predicted octanol–water partition coefficient (Wildman–Crippen LogP) is 1.99. The number of aliphatic carboxylic acids is 1. The molecule has 1 heterocycles. The molecule has 1 fully saturated rings. The number of hydrogen-bond donors (Lipinski definition) is 2. The number of nitrogens with one attached hydrogen (secondary N) is 1. The zero-order chi connectivity index (χ0) is 19.3. The molecule has 0 bridgehead atoms. The standard InChI is InChI=1S/C14H12F3N3O5S/c1-24-9-4-8(25-14(15,16)17)3-2-7(9)6-18-20-13-19-12(23)10(26-13)5-11(21)22/h2-4,6,10H,5H2,1H3,(H,21,22)(H,19,20,23).